The molecule has 1 saturated heterocycles. The number of likely N-dealkylation sites (tertiary alicyclic amines) is 1. The van der Waals surface area contributed by atoms with Crippen molar-refractivity contribution in [2.45, 2.75) is 44.6 Å². The third-order valence-electron chi connectivity index (χ3n) is 6.91. The fourth-order valence-electron chi connectivity index (χ4n) is 5.09. The number of rotatable bonds is 10. The molecule has 0 aliphatic carbocycles. The minimum atomic E-state index is -3.47. The highest BCUT2D eigenvalue weighted by molar-refractivity contribution is 7.88. The number of carboxylic acid groups (broad SMARTS) is 1. The highest BCUT2D eigenvalue weighted by Crippen LogP contribution is 2.38. The number of hydrogen-bond donors (Lipinski definition) is 2. The van der Waals surface area contributed by atoms with Gasteiger partial charge in [0.1, 0.15) is 0 Å². The summed E-state index contributed by atoms with van der Waals surface area (Å²) in [7, 11) is -3.47. The van der Waals surface area contributed by atoms with E-state index < -0.39 is 22.1 Å². The first-order chi connectivity index (χ1) is 18.5. The zero-order valence-electron chi connectivity index (χ0n) is 21.8. The first-order valence-corrected chi connectivity index (χ1v) is 15.3. The maximum atomic E-state index is 12.0. The molecule has 0 aromatic heterocycles. The van der Waals surface area contributed by atoms with Crippen LogP contribution in [0.4, 0.5) is 0 Å². The van der Waals surface area contributed by atoms with Crippen molar-refractivity contribution in [1.82, 2.24) is 9.62 Å². The molecule has 0 saturated carbocycles. The van der Waals surface area contributed by atoms with E-state index in [2.05, 4.69) is 21.8 Å². The quantitative estimate of drug-likeness (QED) is 0.300. The fourth-order valence-corrected chi connectivity index (χ4v) is 6.09. The van der Waals surface area contributed by atoms with E-state index in [9.17, 15) is 18.3 Å². The molecule has 0 radical (unpaired) electrons. The molecule has 2 N–H and O–H groups in total. The summed E-state index contributed by atoms with van der Waals surface area (Å²) in [6, 6.07) is 20.3. The topological polar surface area (TPSA) is 95.9 Å². The molecular formula is C29H32Cl2N2O5S. The first kappa shape index (κ1) is 29.5. The maximum absolute atomic E-state index is 12.0. The second-order valence-corrected chi connectivity index (χ2v) is 12.6. The predicted molar refractivity (Wildman–Crippen MR) is 154 cm³/mol. The summed E-state index contributed by atoms with van der Waals surface area (Å²) in [6.45, 7) is 3.39. The van der Waals surface area contributed by atoms with Crippen LogP contribution in [0.15, 0.2) is 66.7 Å². The van der Waals surface area contributed by atoms with Gasteiger partial charge in [0.05, 0.1) is 30.1 Å². The van der Waals surface area contributed by atoms with Gasteiger partial charge < -0.3 is 9.84 Å². The van der Waals surface area contributed by atoms with Gasteiger partial charge in [-0.15, -0.1) is 0 Å². The molecule has 39 heavy (non-hydrogen) atoms. The molecule has 1 fully saturated rings. The van der Waals surface area contributed by atoms with Crippen LogP contribution in [0.1, 0.15) is 57.6 Å². The van der Waals surface area contributed by atoms with E-state index in [0.717, 1.165) is 42.3 Å². The number of benzene rings is 3. The SMILES string of the molecule is Cc1cc(C(=O)O)ccc1CN1CCC[C@H](O[C@H](CNS(C)(=O)=O)c2cc(Cl)cc(Cl)c2)[C@@H]1c1ccccc1. The predicted octanol–water partition coefficient (Wildman–Crippen LogP) is 6.01. The van der Waals surface area contributed by atoms with Gasteiger partial charge in [0.25, 0.3) is 0 Å². The summed E-state index contributed by atoms with van der Waals surface area (Å²) in [5.74, 6) is -0.951. The van der Waals surface area contributed by atoms with Crippen LogP contribution in [0, 0.1) is 6.92 Å². The van der Waals surface area contributed by atoms with E-state index in [4.69, 9.17) is 27.9 Å². The summed E-state index contributed by atoms with van der Waals surface area (Å²) < 4.78 is 33.2. The van der Waals surface area contributed by atoms with E-state index in [1.54, 1.807) is 30.3 Å². The van der Waals surface area contributed by atoms with Crippen molar-refractivity contribution < 1.29 is 23.1 Å². The molecule has 0 spiro atoms. The number of piperidine rings is 1. The number of sulfonamides is 1. The molecule has 0 bridgehead atoms. The smallest absolute Gasteiger partial charge is 0.335 e. The maximum Gasteiger partial charge on any atom is 0.335 e. The van der Waals surface area contributed by atoms with Gasteiger partial charge in [-0.2, -0.15) is 0 Å². The molecule has 1 aliphatic rings. The largest absolute Gasteiger partial charge is 0.478 e. The van der Waals surface area contributed by atoms with Gasteiger partial charge in [-0.3, -0.25) is 4.90 Å². The lowest BCUT2D eigenvalue weighted by Crippen LogP contribution is -2.44. The lowest BCUT2D eigenvalue weighted by Gasteiger charge is -2.43. The number of ether oxygens (including phenoxy) is 1. The second kappa shape index (κ2) is 12.8. The molecule has 4 rings (SSSR count). The minimum absolute atomic E-state index is 0.0310. The van der Waals surface area contributed by atoms with Crippen LogP contribution in [0.3, 0.4) is 0 Å². The average Bonchev–Trinajstić information content (AvgIpc) is 2.87. The van der Waals surface area contributed by atoms with Gasteiger partial charge >= 0.3 is 5.97 Å². The van der Waals surface area contributed by atoms with Crippen LogP contribution >= 0.6 is 23.2 Å². The Morgan fingerprint density at radius 3 is 2.41 bits per heavy atom. The van der Waals surface area contributed by atoms with Gasteiger partial charge in [-0.05, 0) is 78.9 Å². The first-order valence-electron chi connectivity index (χ1n) is 12.7. The third kappa shape index (κ3) is 8.03. The molecule has 3 aromatic rings. The lowest BCUT2D eigenvalue weighted by molar-refractivity contribution is -0.0842. The van der Waals surface area contributed by atoms with Crippen LogP contribution in [0.25, 0.3) is 0 Å². The van der Waals surface area contributed by atoms with Crippen LogP contribution in [-0.2, 0) is 21.3 Å². The van der Waals surface area contributed by atoms with E-state index in [1.165, 1.54) is 0 Å². The summed E-state index contributed by atoms with van der Waals surface area (Å²) in [4.78, 5) is 13.8. The Labute approximate surface area is 239 Å². The van der Waals surface area contributed by atoms with Crippen molar-refractivity contribution in [2.24, 2.45) is 0 Å². The standard InChI is InChI=1S/C29H32Cl2N2O5S/c1-19-13-21(29(34)35)10-11-22(19)18-33-12-6-9-26(28(33)20-7-4-3-5-8-20)38-27(17-32-39(2,36)37)23-14-24(30)16-25(31)15-23/h3-5,7-8,10-11,13-16,26-28,32H,6,9,12,17-18H2,1-2H3,(H,34,35)/t26-,27+,28-/m0/s1. The zero-order valence-corrected chi connectivity index (χ0v) is 24.1. The van der Waals surface area contributed by atoms with E-state index in [-0.39, 0.29) is 24.3 Å². The number of nitrogens with zero attached hydrogens (tertiary/aromatic N) is 1. The molecule has 3 aromatic carbocycles. The highest BCUT2D eigenvalue weighted by Gasteiger charge is 2.35. The van der Waals surface area contributed by atoms with Crippen molar-refractivity contribution in [3.8, 4) is 0 Å². The Kier molecular flexibility index (Phi) is 9.69. The molecule has 0 unspecified atom stereocenters. The molecule has 208 valence electrons. The number of halogens is 2. The van der Waals surface area contributed by atoms with Gasteiger partial charge in [-0.1, -0.05) is 59.6 Å². The normalized spacial score (nSPS) is 19.1. The number of aryl methyl sites for hydroxylation is 1. The van der Waals surface area contributed by atoms with Crippen LogP contribution in [0.5, 0.6) is 0 Å². The summed E-state index contributed by atoms with van der Waals surface area (Å²) >= 11 is 12.6. The van der Waals surface area contributed by atoms with Crippen molar-refractivity contribution in [2.75, 3.05) is 19.3 Å². The molecule has 3 atom stereocenters. The highest BCUT2D eigenvalue weighted by atomic mass is 35.5. The Morgan fingerprint density at radius 2 is 1.79 bits per heavy atom. The molecule has 1 aliphatic heterocycles. The van der Waals surface area contributed by atoms with Gasteiger partial charge in [0, 0.05) is 23.1 Å². The van der Waals surface area contributed by atoms with Crippen LogP contribution in [0.2, 0.25) is 10.0 Å². The molecular weight excluding hydrogens is 559 g/mol. The van der Waals surface area contributed by atoms with E-state index in [1.807, 2.05) is 31.2 Å². The third-order valence-corrected chi connectivity index (χ3v) is 8.04. The van der Waals surface area contributed by atoms with E-state index >= 15 is 0 Å². The monoisotopic (exact) mass is 590 g/mol. The van der Waals surface area contributed by atoms with E-state index in [0.29, 0.717) is 22.2 Å². The van der Waals surface area contributed by atoms with Crippen molar-refractivity contribution in [1.29, 1.82) is 0 Å². The molecule has 1 heterocycles. The summed E-state index contributed by atoms with van der Waals surface area (Å²) in [6.07, 6.45) is 1.88. The lowest BCUT2D eigenvalue weighted by atomic mass is 9.91. The Hall–Kier alpha value is -2.46. The Morgan fingerprint density at radius 1 is 1.10 bits per heavy atom. The minimum Gasteiger partial charge on any atom is -0.478 e. The fraction of sp³-hybridized carbons (Fsp3) is 0.345. The Bertz CT molecular complexity index is 1400. The van der Waals surface area contributed by atoms with Gasteiger partial charge in [0.2, 0.25) is 10.0 Å². The van der Waals surface area contributed by atoms with Crippen LogP contribution in [-0.4, -0.2) is 49.8 Å². The number of carboxylic acids is 1. The average molecular weight is 592 g/mol. The number of hydrogen-bond acceptors (Lipinski definition) is 5. The van der Waals surface area contributed by atoms with Crippen LogP contribution < -0.4 is 4.72 Å². The molecule has 10 heteroatoms. The molecule has 0 amide bonds. The number of carbonyl (C=O) groups is 1. The number of nitrogens with one attached hydrogen (secondary N) is 1. The van der Waals surface area contributed by atoms with Crippen molar-refractivity contribution in [3.05, 3.63) is 105 Å². The van der Waals surface area contributed by atoms with Crippen molar-refractivity contribution >= 4 is 39.2 Å². The van der Waals surface area contributed by atoms with Gasteiger partial charge in [0.15, 0.2) is 0 Å². The van der Waals surface area contributed by atoms with Gasteiger partial charge in [-0.25, -0.2) is 17.9 Å². The zero-order chi connectivity index (χ0) is 28.2. The number of aromatic carboxylic acids is 1. The molecule has 7 nitrogen and oxygen atoms in total. The van der Waals surface area contributed by atoms with Crippen molar-refractivity contribution in [3.63, 3.8) is 0 Å². The summed E-state index contributed by atoms with van der Waals surface area (Å²) in [5, 5.41) is 10.2. The Balaban J connectivity index is 1.67. The second-order valence-electron chi connectivity index (χ2n) is 9.90. The summed E-state index contributed by atoms with van der Waals surface area (Å²) in [5.41, 5.74) is 3.98.